The number of fused-ring (bicyclic) bond motifs is 2. The summed E-state index contributed by atoms with van der Waals surface area (Å²) in [7, 11) is -0.278. The Labute approximate surface area is 269 Å². The Morgan fingerprint density at radius 1 is 0.956 bits per heavy atom. The summed E-state index contributed by atoms with van der Waals surface area (Å²) in [6, 6.07) is 13.8. The van der Waals surface area contributed by atoms with E-state index in [2.05, 4.69) is 64.8 Å². The molecule has 14 heteroatoms. The molecule has 0 amide bonds. The van der Waals surface area contributed by atoms with E-state index in [-0.39, 0.29) is 36.7 Å². The number of esters is 1. The van der Waals surface area contributed by atoms with E-state index in [1.54, 1.807) is 0 Å². The van der Waals surface area contributed by atoms with Crippen molar-refractivity contribution in [2.75, 3.05) is 65.4 Å². The molecule has 2 N–H and O–H groups in total. The zero-order valence-corrected chi connectivity index (χ0v) is 29.4. The molecule has 1 aliphatic rings. The summed E-state index contributed by atoms with van der Waals surface area (Å²) in [5, 5.41) is 6.63. The van der Waals surface area contributed by atoms with E-state index in [0.29, 0.717) is 45.0 Å². The minimum atomic E-state index is -2.32. The van der Waals surface area contributed by atoms with Gasteiger partial charge >= 0.3 is 5.97 Å². The maximum absolute atomic E-state index is 12.7. The van der Waals surface area contributed by atoms with Crippen LogP contribution < -0.4 is 10.6 Å². The number of carbonyl (C=O) groups is 1. The molecule has 2 bridgehead atoms. The second-order valence-electron chi connectivity index (χ2n) is 12.2. The topological polar surface area (TPSA) is 126 Å². The van der Waals surface area contributed by atoms with E-state index in [9.17, 15) is 13.9 Å². The van der Waals surface area contributed by atoms with Gasteiger partial charge in [0.15, 0.2) is 0 Å². The summed E-state index contributed by atoms with van der Waals surface area (Å²) in [6.07, 6.45) is 1.16. The van der Waals surface area contributed by atoms with E-state index in [1.807, 2.05) is 30.3 Å². The lowest BCUT2D eigenvalue weighted by molar-refractivity contribution is -0.142. The van der Waals surface area contributed by atoms with Crippen LogP contribution in [0.1, 0.15) is 37.7 Å². The fourth-order valence-corrected chi connectivity index (χ4v) is 6.72. The fraction of sp³-hybridized carbons (Fsp3) is 0.548. The number of aromatic nitrogens is 1. The Balaban J connectivity index is 1.95. The van der Waals surface area contributed by atoms with E-state index < -0.39 is 16.1 Å². The van der Waals surface area contributed by atoms with Crippen LogP contribution in [0.4, 0.5) is 5.69 Å². The molecule has 3 atom stereocenters. The second-order valence-corrected chi connectivity index (χ2v) is 15.2. The summed E-state index contributed by atoms with van der Waals surface area (Å²) in [5.41, 5.74) is 3.50. The van der Waals surface area contributed by atoms with Gasteiger partial charge in [-0.15, -0.1) is 0 Å². The minimum Gasteiger partial charge on any atom is -0.468 e. The van der Waals surface area contributed by atoms with Crippen molar-refractivity contribution in [2.45, 2.75) is 51.9 Å². The molecule has 0 spiro atoms. The minimum absolute atomic E-state index is 0.0697. The van der Waals surface area contributed by atoms with Crippen LogP contribution in [0.3, 0.4) is 0 Å². The van der Waals surface area contributed by atoms with Gasteiger partial charge in [0.05, 0.1) is 43.4 Å². The number of rotatable bonds is 13. The third kappa shape index (κ3) is 13.4. The van der Waals surface area contributed by atoms with Crippen LogP contribution in [0.15, 0.2) is 54.9 Å². The predicted octanol–water partition coefficient (Wildman–Crippen LogP) is 4.21. The molecular formula is C31H50N6O6P2. The van der Waals surface area contributed by atoms with Crippen LogP contribution in [-0.4, -0.2) is 97.3 Å². The Morgan fingerprint density at radius 3 is 2.16 bits per heavy atom. The lowest BCUT2D eigenvalue weighted by Crippen LogP contribution is -2.48. The number of hydrogen-bond donors (Lipinski definition) is 2. The average Bonchev–Trinajstić information content (AvgIpc) is 2.98. The fourth-order valence-electron chi connectivity index (χ4n) is 5.17. The van der Waals surface area contributed by atoms with Gasteiger partial charge < -0.3 is 24.4 Å². The van der Waals surface area contributed by atoms with Crippen molar-refractivity contribution in [3.63, 3.8) is 0 Å². The number of benzene rings is 1. The highest BCUT2D eigenvalue weighted by molar-refractivity contribution is 7.39. The first-order valence-corrected chi connectivity index (χ1v) is 18.1. The Kier molecular flexibility index (Phi) is 14.7. The van der Waals surface area contributed by atoms with Crippen LogP contribution >= 0.6 is 16.1 Å². The highest BCUT2D eigenvalue weighted by atomic mass is 31.1. The summed E-state index contributed by atoms with van der Waals surface area (Å²) in [6.45, 7) is 12.9. The van der Waals surface area contributed by atoms with Gasteiger partial charge in [0.1, 0.15) is 0 Å². The van der Waals surface area contributed by atoms with Gasteiger partial charge in [0.25, 0.3) is 0 Å². The molecule has 0 aliphatic carbocycles. The van der Waals surface area contributed by atoms with Gasteiger partial charge in [-0.2, -0.15) is 0 Å². The molecule has 250 valence electrons. The molecular weight excluding hydrogens is 614 g/mol. The van der Waals surface area contributed by atoms with Gasteiger partial charge in [0.2, 0.25) is 16.1 Å². The SMILES string of the molecule is C=C(Nc1ccc(CC2CN(C[PH](=O)OC)CCN(C[PH](=O)OC)Cc3cccc(n3)CN2CC(=O)OC)cc1)NC(C)(C)C. The van der Waals surface area contributed by atoms with Gasteiger partial charge in [-0.1, -0.05) is 24.8 Å². The highest BCUT2D eigenvalue weighted by Gasteiger charge is 2.27. The van der Waals surface area contributed by atoms with Gasteiger partial charge in [-0.25, -0.2) is 0 Å². The van der Waals surface area contributed by atoms with Crippen molar-refractivity contribution in [2.24, 2.45) is 0 Å². The average molecular weight is 665 g/mol. The molecule has 0 radical (unpaired) electrons. The monoisotopic (exact) mass is 664 g/mol. The Bertz CT molecular complexity index is 1310. The summed E-state index contributed by atoms with van der Waals surface area (Å²) in [5.74, 6) is 0.364. The largest absolute Gasteiger partial charge is 0.468 e. The van der Waals surface area contributed by atoms with Gasteiger partial charge in [0, 0.05) is 64.2 Å². The predicted molar refractivity (Wildman–Crippen MR) is 180 cm³/mol. The molecule has 0 saturated heterocycles. The third-order valence-corrected chi connectivity index (χ3v) is 9.62. The first-order chi connectivity index (χ1) is 21.4. The van der Waals surface area contributed by atoms with Crippen LogP contribution in [-0.2, 0) is 47.2 Å². The van der Waals surface area contributed by atoms with Crippen molar-refractivity contribution >= 4 is 27.7 Å². The molecule has 45 heavy (non-hydrogen) atoms. The number of ether oxygens (including phenoxy) is 1. The van der Waals surface area contributed by atoms with Crippen molar-refractivity contribution in [1.82, 2.24) is 25.0 Å². The Morgan fingerprint density at radius 2 is 1.56 bits per heavy atom. The van der Waals surface area contributed by atoms with Crippen LogP contribution in [0.25, 0.3) is 0 Å². The van der Waals surface area contributed by atoms with E-state index in [1.165, 1.54) is 21.3 Å². The molecule has 3 unspecified atom stereocenters. The number of pyridine rings is 1. The van der Waals surface area contributed by atoms with Gasteiger partial charge in [-0.05, 0) is 57.0 Å². The van der Waals surface area contributed by atoms with Crippen molar-refractivity contribution in [1.29, 1.82) is 0 Å². The highest BCUT2D eigenvalue weighted by Crippen LogP contribution is 2.26. The number of anilines is 1. The van der Waals surface area contributed by atoms with Crippen molar-refractivity contribution in [3.8, 4) is 0 Å². The molecule has 3 rings (SSSR count). The summed E-state index contributed by atoms with van der Waals surface area (Å²) >= 11 is 0. The molecule has 2 heterocycles. The van der Waals surface area contributed by atoms with Crippen LogP contribution in [0, 0.1) is 0 Å². The summed E-state index contributed by atoms with van der Waals surface area (Å²) in [4.78, 5) is 23.8. The van der Waals surface area contributed by atoms with E-state index >= 15 is 0 Å². The lowest BCUT2D eigenvalue weighted by Gasteiger charge is -2.36. The molecule has 12 nitrogen and oxygen atoms in total. The van der Waals surface area contributed by atoms with Crippen molar-refractivity contribution in [3.05, 3.63) is 71.8 Å². The second kappa shape index (κ2) is 18.0. The Hall–Kier alpha value is -2.56. The maximum atomic E-state index is 12.7. The quantitative estimate of drug-likeness (QED) is 0.235. The molecule has 1 aromatic carbocycles. The lowest BCUT2D eigenvalue weighted by atomic mass is 10.0. The summed E-state index contributed by atoms with van der Waals surface area (Å²) < 4.78 is 40.6. The zero-order chi connectivity index (χ0) is 33.0. The van der Waals surface area contributed by atoms with Gasteiger partial charge in [-0.3, -0.25) is 33.6 Å². The number of hydrogen-bond acceptors (Lipinski definition) is 12. The normalized spacial score (nSPS) is 18.7. The van der Waals surface area contributed by atoms with E-state index in [0.717, 1.165) is 22.6 Å². The number of methoxy groups -OCH3 is 1. The first-order valence-electron chi connectivity index (χ1n) is 15.0. The van der Waals surface area contributed by atoms with Crippen molar-refractivity contribution < 1.29 is 27.7 Å². The standard InChI is InChI=1S/C31H50N6O6P2/c1-24(34-31(2,3)4)32-26-13-11-25(12-14-26)17-29-20-36(23-45(40)43-7)16-15-35(22-44(39)42-6)18-27-9-8-10-28(33-27)19-37(29)21-30(38)41-5/h8-14,29,32,34,44-45H,1,15-23H2,2-7H3. The third-order valence-electron chi connectivity index (χ3n) is 7.30. The molecule has 1 aromatic heterocycles. The van der Waals surface area contributed by atoms with Crippen LogP contribution in [0.2, 0.25) is 0 Å². The zero-order valence-electron chi connectivity index (χ0n) is 27.4. The molecule has 2 aromatic rings. The smallest absolute Gasteiger partial charge is 0.319 e. The molecule has 0 saturated carbocycles. The number of nitrogens with one attached hydrogen (secondary N) is 2. The van der Waals surface area contributed by atoms with E-state index in [4.69, 9.17) is 18.8 Å². The van der Waals surface area contributed by atoms with Crippen LogP contribution in [0.5, 0.6) is 0 Å². The first kappa shape index (κ1) is 36.9. The number of nitrogens with zero attached hydrogens (tertiary/aromatic N) is 4. The number of carbonyl (C=O) groups excluding carboxylic acids is 1. The molecule has 1 aliphatic heterocycles. The molecule has 0 fully saturated rings. The maximum Gasteiger partial charge on any atom is 0.319 e.